The van der Waals surface area contributed by atoms with Crippen LogP contribution in [0.25, 0.3) is 0 Å². The first-order valence-corrected chi connectivity index (χ1v) is 7.08. The van der Waals surface area contributed by atoms with Gasteiger partial charge in [0.25, 0.3) is 0 Å². The van der Waals surface area contributed by atoms with Gasteiger partial charge < -0.3 is 14.8 Å². The molecule has 5 nitrogen and oxygen atoms in total. The molecule has 1 aromatic rings. The number of benzene rings is 1. The minimum absolute atomic E-state index is 0.0396. The number of halogens is 1. The van der Waals surface area contributed by atoms with Crippen LogP contribution in [0.2, 0.25) is 0 Å². The van der Waals surface area contributed by atoms with Crippen molar-refractivity contribution in [3.8, 4) is 0 Å². The number of esters is 1. The number of alkyl carbamates (subject to hydrolysis) is 1. The fourth-order valence-electron chi connectivity index (χ4n) is 2.30. The summed E-state index contributed by atoms with van der Waals surface area (Å²) in [6.07, 6.45) is 0.177. The van der Waals surface area contributed by atoms with Crippen LogP contribution in [0, 0.1) is 5.82 Å². The van der Waals surface area contributed by atoms with E-state index in [2.05, 4.69) is 10.1 Å². The third kappa shape index (κ3) is 3.96. The zero-order valence-electron chi connectivity index (χ0n) is 13.1. The van der Waals surface area contributed by atoms with Crippen LogP contribution >= 0.6 is 0 Å². The predicted octanol–water partition coefficient (Wildman–Crippen LogP) is 2.99. The first kappa shape index (κ1) is 16.3. The van der Waals surface area contributed by atoms with Gasteiger partial charge in [-0.2, -0.15) is 0 Å². The standard InChI is InChI=1S/C16H20FNO4/c1-16(2,3)22-15(20)18-13-8-11(13)10-6-5-9(17)7-12(10)14(19)21-4/h5-7,11,13H,8H2,1-4H3,(H,18,20). The summed E-state index contributed by atoms with van der Waals surface area (Å²) in [7, 11) is 1.25. The van der Waals surface area contributed by atoms with Gasteiger partial charge in [0.2, 0.25) is 0 Å². The zero-order valence-corrected chi connectivity index (χ0v) is 13.1. The molecule has 0 spiro atoms. The van der Waals surface area contributed by atoms with Gasteiger partial charge in [-0.3, -0.25) is 0 Å². The largest absolute Gasteiger partial charge is 0.465 e. The lowest BCUT2D eigenvalue weighted by Gasteiger charge is -2.19. The minimum Gasteiger partial charge on any atom is -0.465 e. The van der Waals surface area contributed by atoms with Gasteiger partial charge in [0.05, 0.1) is 12.7 Å². The van der Waals surface area contributed by atoms with Crippen LogP contribution in [0.15, 0.2) is 18.2 Å². The summed E-state index contributed by atoms with van der Waals surface area (Å²) in [5, 5.41) is 2.75. The Morgan fingerprint density at radius 2 is 2.00 bits per heavy atom. The Labute approximate surface area is 128 Å². The van der Waals surface area contributed by atoms with Crippen LogP contribution in [-0.2, 0) is 9.47 Å². The summed E-state index contributed by atoms with van der Waals surface area (Å²) >= 11 is 0. The molecule has 1 aliphatic carbocycles. The maximum absolute atomic E-state index is 13.3. The van der Waals surface area contributed by atoms with Gasteiger partial charge in [-0.1, -0.05) is 6.07 Å². The molecule has 1 aliphatic rings. The van der Waals surface area contributed by atoms with Crippen LogP contribution in [0.4, 0.5) is 9.18 Å². The molecule has 2 atom stereocenters. The molecule has 1 saturated carbocycles. The van der Waals surface area contributed by atoms with Crippen molar-refractivity contribution in [1.29, 1.82) is 0 Å². The lowest BCUT2D eigenvalue weighted by Crippen LogP contribution is -2.34. The molecule has 0 saturated heterocycles. The molecule has 0 heterocycles. The second-order valence-corrected chi connectivity index (χ2v) is 6.32. The molecule has 1 N–H and O–H groups in total. The lowest BCUT2D eigenvalue weighted by molar-refractivity contribution is 0.0522. The second kappa shape index (κ2) is 5.94. The van der Waals surface area contributed by atoms with E-state index in [0.717, 1.165) is 6.07 Å². The van der Waals surface area contributed by atoms with Crippen LogP contribution in [0.1, 0.15) is 49.0 Å². The SMILES string of the molecule is COC(=O)c1cc(F)ccc1C1CC1NC(=O)OC(C)(C)C. The van der Waals surface area contributed by atoms with Crippen LogP contribution in [0.5, 0.6) is 0 Å². The molecule has 120 valence electrons. The van der Waals surface area contributed by atoms with Crippen LogP contribution in [0.3, 0.4) is 0 Å². The van der Waals surface area contributed by atoms with Gasteiger partial charge in [0, 0.05) is 12.0 Å². The van der Waals surface area contributed by atoms with Crippen molar-refractivity contribution < 1.29 is 23.5 Å². The molecule has 0 aromatic heterocycles. The second-order valence-electron chi connectivity index (χ2n) is 6.32. The number of amides is 1. The third-order valence-corrected chi connectivity index (χ3v) is 3.31. The van der Waals surface area contributed by atoms with Gasteiger partial charge in [-0.15, -0.1) is 0 Å². The first-order valence-electron chi connectivity index (χ1n) is 7.08. The molecule has 0 radical (unpaired) electrons. The molecule has 0 aliphatic heterocycles. The van der Waals surface area contributed by atoms with E-state index in [-0.39, 0.29) is 17.5 Å². The highest BCUT2D eigenvalue weighted by molar-refractivity contribution is 5.91. The number of methoxy groups -OCH3 is 1. The van der Waals surface area contributed by atoms with Crippen molar-refractivity contribution in [2.75, 3.05) is 7.11 Å². The van der Waals surface area contributed by atoms with Crippen molar-refractivity contribution in [2.45, 2.75) is 44.8 Å². The molecular weight excluding hydrogens is 289 g/mol. The van der Waals surface area contributed by atoms with Gasteiger partial charge in [0.1, 0.15) is 11.4 Å². The smallest absolute Gasteiger partial charge is 0.407 e. The predicted molar refractivity (Wildman–Crippen MR) is 78.3 cm³/mol. The highest BCUT2D eigenvalue weighted by Gasteiger charge is 2.42. The van der Waals surface area contributed by atoms with Crippen molar-refractivity contribution in [1.82, 2.24) is 5.32 Å². The van der Waals surface area contributed by atoms with E-state index in [9.17, 15) is 14.0 Å². The topological polar surface area (TPSA) is 64.6 Å². The van der Waals surface area contributed by atoms with E-state index in [1.807, 2.05) is 0 Å². The first-order chi connectivity index (χ1) is 10.2. The highest BCUT2D eigenvalue weighted by Crippen LogP contribution is 2.42. The van der Waals surface area contributed by atoms with Gasteiger partial charge in [0.15, 0.2) is 0 Å². The third-order valence-electron chi connectivity index (χ3n) is 3.31. The van der Waals surface area contributed by atoms with Crippen LogP contribution in [-0.4, -0.2) is 30.8 Å². The fraction of sp³-hybridized carbons (Fsp3) is 0.500. The Bertz CT molecular complexity index is 594. The van der Waals surface area contributed by atoms with Crippen molar-refractivity contribution in [3.05, 3.63) is 35.1 Å². The Balaban J connectivity index is 2.06. The highest BCUT2D eigenvalue weighted by atomic mass is 19.1. The normalized spacial score (nSPS) is 20.2. The maximum Gasteiger partial charge on any atom is 0.407 e. The molecule has 2 rings (SSSR count). The summed E-state index contributed by atoms with van der Waals surface area (Å²) < 4.78 is 23.2. The van der Waals surface area contributed by atoms with Crippen molar-refractivity contribution >= 4 is 12.1 Å². The number of hydrogen-bond acceptors (Lipinski definition) is 4. The lowest BCUT2D eigenvalue weighted by atomic mass is 10.0. The number of carbonyl (C=O) groups excluding carboxylic acids is 2. The summed E-state index contributed by atoms with van der Waals surface area (Å²) in [5.74, 6) is -1.12. The number of hydrogen-bond donors (Lipinski definition) is 1. The molecule has 0 bridgehead atoms. The zero-order chi connectivity index (χ0) is 16.5. The van der Waals surface area contributed by atoms with E-state index >= 15 is 0 Å². The van der Waals surface area contributed by atoms with Crippen LogP contribution < -0.4 is 5.32 Å². The fourth-order valence-corrected chi connectivity index (χ4v) is 2.30. The Morgan fingerprint density at radius 3 is 2.59 bits per heavy atom. The molecule has 2 unspecified atom stereocenters. The van der Waals surface area contributed by atoms with Crippen molar-refractivity contribution in [2.24, 2.45) is 0 Å². The van der Waals surface area contributed by atoms with E-state index < -0.39 is 23.5 Å². The number of carbonyl (C=O) groups is 2. The number of nitrogens with one attached hydrogen (secondary N) is 1. The molecule has 1 fully saturated rings. The molecule has 22 heavy (non-hydrogen) atoms. The summed E-state index contributed by atoms with van der Waals surface area (Å²) in [5.41, 5.74) is 0.303. The number of rotatable bonds is 3. The van der Waals surface area contributed by atoms with Gasteiger partial charge in [-0.05, 0) is 44.9 Å². The van der Waals surface area contributed by atoms with E-state index in [1.54, 1.807) is 26.8 Å². The van der Waals surface area contributed by atoms with Gasteiger partial charge in [-0.25, -0.2) is 14.0 Å². The monoisotopic (exact) mass is 309 g/mol. The Hall–Kier alpha value is -2.11. The summed E-state index contributed by atoms with van der Waals surface area (Å²) in [4.78, 5) is 23.5. The molecular formula is C16H20FNO4. The molecule has 1 aromatic carbocycles. The average molecular weight is 309 g/mol. The summed E-state index contributed by atoms with van der Waals surface area (Å²) in [6, 6.07) is 3.89. The Morgan fingerprint density at radius 1 is 1.32 bits per heavy atom. The quantitative estimate of drug-likeness (QED) is 0.872. The molecule has 6 heteroatoms. The molecule has 1 amide bonds. The summed E-state index contributed by atoms with van der Waals surface area (Å²) in [6.45, 7) is 5.35. The Kier molecular flexibility index (Phi) is 4.39. The van der Waals surface area contributed by atoms with E-state index in [1.165, 1.54) is 13.2 Å². The van der Waals surface area contributed by atoms with E-state index in [4.69, 9.17) is 4.74 Å². The van der Waals surface area contributed by atoms with E-state index in [0.29, 0.717) is 12.0 Å². The minimum atomic E-state index is -0.586. The van der Waals surface area contributed by atoms with Gasteiger partial charge >= 0.3 is 12.1 Å². The average Bonchev–Trinajstić information content (AvgIpc) is 3.14. The number of ether oxygens (including phenoxy) is 2. The van der Waals surface area contributed by atoms with Crippen molar-refractivity contribution in [3.63, 3.8) is 0 Å². The maximum atomic E-state index is 13.3.